The van der Waals surface area contributed by atoms with E-state index in [1.165, 1.54) is 18.4 Å². The predicted molar refractivity (Wildman–Crippen MR) is 81.5 cm³/mol. The van der Waals surface area contributed by atoms with Crippen LogP contribution in [0.15, 0.2) is 24.3 Å². The summed E-state index contributed by atoms with van der Waals surface area (Å²) in [4.78, 5) is 11.9. The second-order valence-corrected chi connectivity index (χ2v) is 6.37. The van der Waals surface area contributed by atoms with Crippen molar-refractivity contribution in [3.8, 4) is 0 Å². The summed E-state index contributed by atoms with van der Waals surface area (Å²) in [6, 6.07) is 7.98. The first-order valence-corrected chi connectivity index (χ1v) is 7.29. The Morgan fingerprint density at radius 2 is 1.79 bits per heavy atom. The van der Waals surface area contributed by atoms with Gasteiger partial charge in [-0.15, -0.1) is 0 Å². The molecule has 1 aromatic carbocycles. The number of nitrogens with one attached hydrogen (secondary N) is 1. The third-order valence-corrected chi connectivity index (χ3v) is 3.20. The lowest BCUT2D eigenvalue weighted by molar-refractivity contribution is 0.0949. The molecule has 0 heterocycles. The van der Waals surface area contributed by atoms with Crippen molar-refractivity contribution in [2.45, 2.75) is 53.4 Å². The van der Waals surface area contributed by atoms with Crippen molar-refractivity contribution in [1.82, 2.24) is 5.32 Å². The highest BCUT2D eigenvalue weighted by Gasteiger charge is 2.11. The summed E-state index contributed by atoms with van der Waals surface area (Å²) in [5, 5.41) is 2.98. The highest BCUT2D eigenvalue weighted by molar-refractivity contribution is 5.94. The van der Waals surface area contributed by atoms with Gasteiger partial charge in [-0.25, -0.2) is 0 Å². The van der Waals surface area contributed by atoms with Crippen LogP contribution in [0.5, 0.6) is 0 Å². The molecule has 0 aromatic heterocycles. The predicted octanol–water partition coefficient (Wildman–Crippen LogP) is 4.20. The largest absolute Gasteiger partial charge is 0.352 e. The Kier molecular flexibility index (Phi) is 6.07. The first-order chi connectivity index (χ1) is 8.92. The molecule has 2 heteroatoms. The summed E-state index contributed by atoms with van der Waals surface area (Å²) in [5.74, 6) is 0.0336. The number of amides is 1. The van der Waals surface area contributed by atoms with E-state index in [9.17, 15) is 4.79 Å². The van der Waals surface area contributed by atoms with Crippen LogP contribution in [-0.2, 0) is 6.42 Å². The molecule has 0 aliphatic heterocycles. The molecule has 0 fully saturated rings. The van der Waals surface area contributed by atoms with Gasteiger partial charge in [0.05, 0.1) is 0 Å². The zero-order chi connectivity index (χ0) is 14.3. The second-order valence-electron chi connectivity index (χ2n) is 6.37. The summed E-state index contributed by atoms with van der Waals surface area (Å²) in [6.07, 6.45) is 4.50. The lowest BCUT2D eigenvalue weighted by atomic mass is 9.92. The van der Waals surface area contributed by atoms with E-state index in [1.807, 2.05) is 12.1 Å². The van der Waals surface area contributed by atoms with E-state index in [4.69, 9.17) is 0 Å². The molecule has 1 amide bonds. The van der Waals surface area contributed by atoms with Crippen molar-refractivity contribution in [2.75, 3.05) is 6.54 Å². The van der Waals surface area contributed by atoms with Crippen molar-refractivity contribution in [2.24, 2.45) is 5.41 Å². The number of rotatable bonds is 6. The van der Waals surface area contributed by atoms with Crippen LogP contribution in [0.1, 0.15) is 62.9 Å². The third kappa shape index (κ3) is 6.42. The lowest BCUT2D eigenvalue weighted by Gasteiger charge is -2.18. The van der Waals surface area contributed by atoms with E-state index < -0.39 is 0 Å². The molecule has 0 aliphatic rings. The molecule has 0 unspecified atom stereocenters. The van der Waals surface area contributed by atoms with Crippen LogP contribution >= 0.6 is 0 Å². The van der Waals surface area contributed by atoms with Gasteiger partial charge in [-0.1, -0.05) is 46.2 Å². The minimum Gasteiger partial charge on any atom is -0.352 e. The van der Waals surface area contributed by atoms with Gasteiger partial charge in [0.15, 0.2) is 0 Å². The molecular formula is C17H27NO. The average molecular weight is 261 g/mol. The van der Waals surface area contributed by atoms with E-state index in [0.29, 0.717) is 0 Å². The van der Waals surface area contributed by atoms with Crippen LogP contribution in [0.25, 0.3) is 0 Å². The minimum atomic E-state index is 0.0336. The fourth-order valence-corrected chi connectivity index (χ4v) is 1.86. The van der Waals surface area contributed by atoms with E-state index in [1.54, 1.807) is 0 Å². The summed E-state index contributed by atoms with van der Waals surface area (Å²) in [7, 11) is 0. The second kappa shape index (κ2) is 7.32. The molecule has 0 spiro atoms. The van der Waals surface area contributed by atoms with E-state index in [2.05, 4.69) is 45.1 Å². The van der Waals surface area contributed by atoms with Gasteiger partial charge in [0.2, 0.25) is 0 Å². The highest BCUT2D eigenvalue weighted by Crippen LogP contribution is 2.17. The molecular weight excluding hydrogens is 234 g/mol. The maximum Gasteiger partial charge on any atom is 0.251 e. The quantitative estimate of drug-likeness (QED) is 0.817. The Morgan fingerprint density at radius 3 is 2.32 bits per heavy atom. The Morgan fingerprint density at radius 1 is 1.16 bits per heavy atom. The number of carbonyl (C=O) groups is 1. The minimum absolute atomic E-state index is 0.0336. The molecule has 106 valence electrons. The molecule has 0 aliphatic carbocycles. The Labute approximate surface area is 117 Å². The summed E-state index contributed by atoms with van der Waals surface area (Å²) >= 11 is 0. The summed E-state index contributed by atoms with van der Waals surface area (Å²) < 4.78 is 0. The third-order valence-electron chi connectivity index (χ3n) is 3.20. The van der Waals surface area contributed by atoms with Crippen molar-refractivity contribution in [3.05, 3.63) is 35.4 Å². The maximum absolute atomic E-state index is 11.9. The van der Waals surface area contributed by atoms with Gasteiger partial charge in [-0.3, -0.25) is 4.79 Å². The lowest BCUT2D eigenvalue weighted by Crippen LogP contribution is -2.27. The average Bonchev–Trinajstić information content (AvgIpc) is 2.35. The van der Waals surface area contributed by atoms with E-state index >= 15 is 0 Å². The number of hydrogen-bond donors (Lipinski definition) is 1. The molecule has 0 radical (unpaired) electrons. The molecule has 2 nitrogen and oxygen atoms in total. The Balaban J connectivity index is 2.44. The first-order valence-electron chi connectivity index (χ1n) is 7.29. The number of benzene rings is 1. The van der Waals surface area contributed by atoms with Gasteiger partial charge in [0.1, 0.15) is 0 Å². The molecule has 0 atom stereocenters. The zero-order valence-corrected chi connectivity index (χ0v) is 12.8. The molecule has 0 saturated carbocycles. The van der Waals surface area contributed by atoms with Crippen LogP contribution in [0.2, 0.25) is 0 Å². The van der Waals surface area contributed by atoms with Gasteiger partial charge in [0.25, 0.3) is 5.91 Å². The molecule has 0 bridgehead atoms. The Bertz CT molecular complexity index is 387. The van der Waals surface area contributed by atoms with Gasteiger partial charge in [0, 0.05) is 12.1 Å². The smallest absolute Gasteiger partial charge is 0.251 e. The maximum atomic E-state index is 11.9. The highest BCUT2D eigenvalue weighted by atomic mass is 16.1. The van der Waals surface area contributed by atoms with Gasteiger partial charge < -0.3 is 5.32 Å². The van der Waals surface area contributed by atoms with Crippen molar-refractivity contribution in [3.63, 3.8) is 0 Å². The molecule has 1 N–H and O–H groups in total. The normalized spacial score (nSPS) is 11.4. The van der Waals surface area contributed by atoms with E-state index in [-0.39, 0.29) is 11.3 Å². The van der Waals surface area contributed by atoms with Gasteiger partial charge in [-0.2, -0.15) is 0 Å². The standard InChI is InChI=1S/C17H27NO/c1-5-6-7-14-8-10-15(11-9-14)16(19)18-13-12-17(2,3)4/h8-11H,5-7,12-13H2,1-4H3,(H,18,19). The number of unbranched alkanes of at least 4 members (excludes halogenated alkanes) is 1. The number of hydrogen-bond acceptors (Lipinski definition) is 1. The topological polar surface area (TPSA) is 29.1 Å². The summed E-state index contributed by atoms with van der Waals surface area (Å²) in [6.45, 7) is 9.47. The van der Waals surface area contributed by atoms with E-state index in [0.717, 1.165) is 24.9 Å². The zero-order valence-electron chi connectivity index (χ0n) is 12.8. The van der Waals surface area contributed by atoms with Crippen LogP contribution in [0.3, 0.4) is 0 Å². The molecule has 0 saturated heterocycles. The van der Waals surface area contributed by atoms with Crippen LogP contribution in [0.4, 0.5) is 0 Å². The molecule has 1 aromatic rings. The molecule has 1 rings (SSSR count). The first kappa shape index (κ1) is 15.7. The fraction of sp³-hybridized carbons (Fsp3) is 0.588. The SMILES string of the molecule is CCCCc1ccc(C(=O)NCCC(C)(C)C)cc1. The Hall–Kier alpha value is -1.31. The summed E-state index contributed by atoms with van der Waals surface area (Å²) in [5.41, 5.74) is 2.33. The fourth-order valence-electron chi connectivity index (χ4n) is 1.86. The number of aryl methyl sites for hydroxylation is 1. The van der Waals surface area contributed by atoms with Crippen LogP contribution in [0, 0.1) is 5.41 Å². The monoisotopic (exact) mass is 261 g/mol. The van der Waals surface area contributed by atoms with Gasteiger partial charge in [-0.05, 0) is 42.4 Å². The van der Waals surface area contributed by atoms with Crippen molar-refractivity contribution < 1.29 is 4.79 Å². The van der Waals surface area contributed by atoms with Crippen molar-refractivity contribution in [1.29, 1.82) is 0 Å². The van der Waals surface area contributed by atoms with Crippen LogP contribution < -0.4 is 5.32 Å². The van der Waals surface area contributed by atoms with Crippen molar-refractivity contribution >= 4 is 5.91 Å². The van der Waals surface area contributed by atoms with Gasteiger partial charge >= 0.3 is 0 Å². The number of carbonyl (C=O) groups excluding carboxylic acids is 1. The molecule has 19 heavy (non-hydrogen) atoms. The van der Waals surface area contributed by atoms with Crippen LogP contribution in [-0.4, -0.2) is 12.5 Å².